The lowest BCUT2D eigenvalue weighted by Gasteiger charge is -2.29. The maximum atomic E-state index is 10.7. The zero-order valence-corrected chi connectivity index (χ0v) is 12.0. The van der Waals surface area contributed by atoms with Gasteiger partial charge >= 0.3 is 0 Å². The number of pyridine rings is 1. The molecule has 0 saturated carbocycles. The van der Waals surface area contributed by atoms with Gasteiger partial charge in [-0.15, -0.1) is 0 Å². The van der Waals surface area contributed by atoms with Gasteiger partial charge in [0.05, 0.1) is 19.4 Å². The van der Waals surface area contributed by atoms with Crippen molar-refractivity contribution in [3.8, 4) is 5.75 Å². The van der Waals surface area contributed by atoms with Crippen molar-refractivity contribution in [3.05, 3.63) is 59.4 Å². The molecule has 0 saturated heterocycles. The normalized spacial score (nSPS) is 18.9. The molecule has 2 heterocycles. The van der Waals surface area contributed by atoms with Gasteiger partial charge in [-0.25, -0.2) is 0 Å². The number of aliphatic hydroxyl groups is 1. The lowest BCUT2D eigenvalue weighted by molar-refractivity contribution is -0.0484. The van der Waals surface area contributed by atoms with E-state index in [4.69, 9.17) is 9.47 Å². The molecular weight excluding hydrogens is 266 g/mol. The molecule has 0 spiro atoms. The summed E-state index contributed by atoms with van der Waals surface area (Å²) in [6.45, 7) is 3.12. The van der Waals surface area contributed by atoms with Crippen LogP contribution in [0.2, 0.25) is 0 Å². The highest BCUT2D eigenvalue weighted by Gasteiger charge is 2.28. The van der Waals surface area contributed by atoms with E-state index in [9.17, 15) is 5.11 Å². The number of aliphatic hydroxyl groups excluding tert-OH is 1. The van der Waals surface area contributed by atoms with E-state index in [1.165, 1.54) is 5.56 Å². The molecule has 110 valence electrons. The number of hydrogen-bond acceptors (Lipinski definition) is 4. The van der Waals surface area contributed by atoms with Crippen molar-refractivity contribution in [2.75, 3.05) is 13.2 Å². The topological polar surface area (TPSA) is 51.6 Å². The molecule has 3 rings (SSSR count). The van der Waals surface area contributed by atoms with Crippen molar-refractivity contribution in [2.24, 2.45) is 0 Å². The van der Waals surface area contributed by atoms with Gasteiger partial charge in [-0.05, 0) is 30.5 Å². The third-order valence-corrected chi connectivity index (χ3v) is 3.70. The van der Waals surface area contributed by atoms with E-state index in [1.54, 1.807) is 12.4 Å². The summed E-state index contributed by atoms with van der Waals surface area (Å²) in [5.74, 6) is 0.665. The Bertz CT molecular complexity index is 614. The first-order chi connectivity index (χ1) is 10.3. The molecule has 0 radical (unpaired) electrons. The molecule has 0 bridgehead atoms. The zero-order valence-electron chi connectivity index (χ0n) is 12.0. The highest BCUT2D eigenvalue weighted by atomic mass is 16.5. The van der Waals surface area contributed by atoms with Crippen LogP contribution in [-0.2, 0) is 11.2 Å². The van der Waals surface area contributed by atoms with Crippen molar-refractivity contribution in [1.29, 1.82) is 0 Å². The number of hydrogen-bond donors (Lipinski definition) is 1. The second-order valence-corrected chi connectivity index (χ2v) is 5.07. The Labute approximate surface area is 124 Å². The number of fused-ring (bicyclic) bond motifs is 1. The standard InChI is InChI=1S/C17H19NO3/c1-2-20-14-9-13(10-18-11-14)16(19)17-15-6-4-3-5-12(15)7-8-21-17/h3-6,9-11,16-17,19H,2,7-8H2,1H3. The summed E-state index contributed by atoms with van der Waals surface area (Å²) in [5, 5.41) is 10.7. The minimum Gasteiger partial charge on any atom is -0.492 e. The predicted molar refractivity (Wildman–Crippen MR) is 79.2 cm³/mol. The lowest BCUT2D eigenvalue weighted by atomic mass is 9.92. The Morgan fingerprint density at radius 3 is 3.10 bits per heavy atom. The van der Waals surface area contributed by atoms with Crippen LogP contribution in [0.5, 0.6) is 5.75 Å². The molecule has 21 heavy (non-hydrogen) atoms. The van der Waals surface area contributed by atoms with Crippen LogP contribution in [0.15, 0.2) is 42.7 Å². The van der Waals surface area contributed by atoms with Crippen LogP contribution < -0.4 is 4.74 Å². The number of nitrogens with zero attached hydrogens (tertiary/aromatic N) is 1. The molecule has 1 aromatic heterocycles. The van der Waals surface area contributed by atoms with Gasteiger partial charge in [-0.1, -0.05) is 24.3 Å². The fourth-order valence-corrected chi connectivity index (χ4v) is 2.70. The maximum absolute atomic E-state index is 10.7. The highest BCUT2D eigenvalue weighted by molar-refractivity contribution is 5.34. The first kappa shape index (κ1) is 14.0. The van der Waals surface area contributed by atoms with E-state index in [-0.39, 0.29) is 6.10 Å². The summed E-state index contributed by atoms with van der Waals surface area (Å²) in [4.78, 5) is 4.13. The van der Waals surface area contributed by atoms with Gasteiger partial charge in [-0.3, -0.25) is 4.98 Å². The Morgan fingerprint density at radius 2 is 2.24 bits per heavy atom. The van der Waals surface area contributed by atoms with E-state index < -0.39 is 6.10 Å². The van der Waals surface area contributed by atoms with Crippen molar-refractivity contribution in [3.63, 3.8) is 0 Å². The van der Waals surface area contributed by atoms with Gasteiger partial charge in [0.15, 0.2) is 0 Å². The summed E-state index contributed by atoms with van der Waals surface area (Å²) in [6, 6.07) is 9.92. The molecule has 4 heteroatoms. The summed E-state index contributed by atoms with van der Waals surface area (Å²) < 4.78 is 11.2. The van der Waals surface area contributed by atoms with E-state index in [0.717, 1.165) is 12.0 Å². The van der Waals surface area contributed by atoms with Gasteiger partial charge in [0, 0.05) is 11.8 Å². The molecule has 1 aliphatic heterocycles. The Balaban J connectivity index is 1.89. The summed E-state index contributed by atoms with van der Waals surface area (Å²) >= 11 is 0. The van der Waals surface area contributed by atoms with Crippen molar-refractivity contribution < 1.29 is 14.6 Å². The average Bonchev–Trinajstić information content (AvgIpc) is 2.54. The summed E-state index contributed by atoms with van der Waals surface area (Å²) in [5.41, 5.74) is 3.00. The van der Waals surface area contributed by atoms with Gasteiger partial charge < -0.3 is 14.6 Å². The second-order valence-electron chi connectivity index (χ2n) is 5.07. The molecule has 1 N–H and O–H groups in total. The Kier molecular flexibility index (Phi) is 4.18. The van der Waals surface area contributed by atoms with E-state index in [2.05, 4.69) is 11.1 Å². The molecule has 2 unspecified atom stereocenters. The Hall–Kier alpha value is -1.91. The van der Waals surface area contributed by atoms with Gasteiger partial charge in [-0.2, -0.15) is 0 Å². The summed E-state index contributed by atoms with van der Waals surface area (Å²) in [6.07, 6.45) is 3.09. The number of rotatable bonds is 4. The molecule has 4 nitrogen and oxygen atoms in total. The first-order valence-electron chi connectivity index (χ1n) is 7.25. The molecule has 0 fully saturated rings. The smallest absolute Gasteiger partial charge is 0.137 e. The molecule has 1 aliphatic rings. The minimum atomic E-state index is -0.751. The number of ether oxygens (including phenoxy) is 2. The fourth-order valence-electron chi connectivity index (χ4n) is 2.70. The quantitative estimate of drug-likeness (QED) is 0.938. The van der Waals surface area contributed by atoms with Crippen molar-refractivity contribution in [1.82, 2.24) is 4.98 Å². The van der Waals surface area contributed by atoms with Crippen LogP contribution >= 0.6 is 0 Å². The monoisotopic (exact) mass is 285 g/mol. The fraction of sp³-hybridized carbons (Fsp3) is 0.353. The molecule has 0 amide bonds. The van der Waals surface area contributed by atoms with Crippen LogP contribution in [0, 0.1) is 0 Å². The molecular formula is C17H19NO3. The van der Waals surface area contributed by atoms with E-state index in [0.29, 0.717) is 24.5 Å². The van der Waals surface area contributed by atoms with Crippen LogP contribution in [-0.4, -0.2) is 23.3 Å². The van der Waals surface area contributed by atoms with E-state index in [1.807, 2.05) is 31.2 Å². The lowest BCUT2D eigenvalue weighted by Crippen LogP contribution is -2.22. The zero-order chi connectivity index (χ0) is 14.7. The van der Waals surface area contributed by atoms with Crippen molar-refractivity contribution in [2.45, 2.75) is 25.6 Å². The third kappa shape index (κ3) is 2.91. The van der Waals surface area contributed by atoms with Crippen molar-refractivity contribution >= 4 is 0 Å². The van der Waals surface area contributed by atoms with Crippen LogP contribution in [0.3, 0.4) is 0 Å². The minimum absolute atomic E-state index is 0.353. The van der Waals surface area contributed by atoms with Gasteiger partial charge in [0.25, 0.3) is 0 Å². The summed E-state index contributed by atoms with van der Waals surface area (Å²) in [7, 11) is 0. The predicted octanol–water partition coefficient (Wildman–Crippen LogP) is 2.83. The van der Waals surface area contributed by atoms with Crippen LogP contribution in [0.4, 0.5) is 0 Å². The van der Waals surface area contributed by atoms with Gasteiger partial charge in [0.1, 0.15) is 18.0 Å². The third-order valence-electron chi connectivity index (χ3n) is 3.70. The molecule has 2 aromatic rings. The Morgan fingerprint density at radius 1 is 1.38 bits per heavy atom. The maximum Gasteiger partial charge on any atom is 0.137 e. The SMILES string of the molecule is CCOc1cncc(C(O)C2OCCc3ccccc32)c1. The molecule has 2 atom stereocenters. The second kappa shape index (κ2) is 6.24. The highest BCUT2D eigenvalue weighted by Crippen LogP contribution is 2.37. The van der Waals surface area contributed by atoms with Crippen LogP contribution in [0.25, 0.3) is 0 Å². The average molecular weight is 285 g/mol. The number of aromatic nitrogens is 1. The number of benzene rings is 1. The molecule has 0 aliphatic carbocycles. The van der Waals surface area contributed by atoms with E-state index >= 15 is 0 Å². The first-order valence-corrected chi connectivity index (χ1v) is 7.25. The molecule has 1 aromatic carbocycles. The van der Waals surface area contributed by atoms with Crippen LogP contribution in [0.1, 0.15) is 35.8 Å². The largest absolute Gasteiger partial charge is 0.492 e. The van der Waals surface area contributed by atoms with Gasteiger partial charge in [0.2, 0.25) is 0 Å².